The van der Waals surface area contributed by atoms with Crippen LogP contribution in [0, 0.1) is 0 Å². The Balaban J connectivity index is 1.82. The summed E-state index contributed by atoms with van der Waals surface area (Å²) in [6.07, 6.45) is 1.66. The summed E-state index contributed by atoms with van der Waals surface area (Å²) in [6.45, 7) is 2.64. The van der Waals surface area contributed by atoms with Gasteiger partial charge in [-0.15, -0.1) is 0 Å². The van der Waals surface area contributed by atoms with Crippen LogP contribution in [0.1, 0.15) is 29.7 Å². The topological polar surface area (TPSA) is 48.0 Å². The zero-order valence-electron chi connectivity index (χ0n) is 14.3. The molecule has 0 saturated carbocycles. The van der Waals surface area contributed by atoms with Gasteiger partial charge in [-0.25, -0.2) is 0 Å². The van der Waals surface area contributed by atoms with Gasteiger partial charge in [-0.1, -0.05) is 6.07 Å². The van der Waals surface area contributed by atoms with Crippen molar-refractivity contribution in [3.63, 3.8) is 0 Å². The van der Waals surface area contributed by atoms with E-state index in [4.69, 9.17) is 14.2 Å². The van der Waals surface area contributed by atoms with Gasteiger partial charge in [0.25, 0.3) is 0 Å². The molecule has 1 amide bonds. The van der Waals surface area contributed by atoms with Gasteiger partial charge in [0.15, 0.2) is 11.5 Å². The van der Waals surface area contributed by atoms with Crippen LogP contribution in [0.3, 0.4) is 0 Å². The van der Waals surface area contributed by atoms with Crippen molar-refractivity contribution in [2.24, 2.45) is 0 Å². The molecule has 1 aliphatic carbocycles. The molecule has 5 nitrogen and oxygen atoms in total. The molecule has 0 aromatic heterocycles. The third kappa shape index (κ3) is 1.98. The number of hydrogen-bond acceptors (Lipinski definition) is 4. The number of ether oxygens (including phenoxy) is 3. The maximum Gasteiger partial charge on any atom is 0.231 e. The average Bonchev–Trinajstić information content (AvgIpc) is 3.09. The molecule has 2 aliphatic heterocycles. The Morgan fingerprint density at radius 2 is 2.12 bits per heavy atom. The largest absolute Gasteiger partial charge is 0.497 e. The SMILES string of the molecule is COc1ccc2c(c1)-c1c3c(cc4c1[C@@H](C2)N(C(C)=O)CC4)OCO3. The van der Waals surface area contributed by atoms with Crippen molar-refractivity contribution in [3.05, 3.63) is 41.0 Å². The first kappa shape index (κ1) is 14.6. The smallest absolute Gasteiger partial charge is 0.231 e. The van der Waals surface area contributed by atoms with Gasteiger partial charge in [0, 0.05) is 19.0 Å². The molecule has 0 fully saturated rings. The fourth-order valence-electron chi connectivity index (χ4n) is 4.41. The molecule has 2 aromatic rings. The highest BCUT2D eigenvalue weighted by atomic mass is 16.7. The summed E-state index contributed by atoms with van der Waals surface area (Å²) >= 11 is 0. The first-order valence-corrected chi connectivity index (χ1v) is 8.57. The standard InChI is InChI=1S/C20H19NO4/c1-11(22)21-6-5-13-8-17-20(25-10-24-17)19-15-9-14(23-2)4-3-12(15)7-16(21)18(13)19/h3-4,8-9,16H,5-7,10H2,1-2H3/t16-/m1/s1. The van der Waals surface area contributed by atoms with Gasteiger partial charge in [-0.05, 0) is 53.3 Å². The van der Waals surface area contributed by atoms with Gasteiger partial charge >= 0.3 is 0 Å². The van der Waals surface area contributed by atoms with Crippen LogP contribution in [0.4, 0.5) is 0 Å². The van der Waals surface area contributed by atoms with Crippen molar-refractivity contribution in [3.8, 4) is 28.4 Å². The summed E-state index contributed by atoms with van der Waals surface area (Å²) in [6, 6.07) is 8.30. The Morgan fingerprint density at radius 1 is 1.24 bits per heavy atom. The molecule has 25 heavy (non-hydrogen) atoms. The second kappa shape index (κ2) is 5.15. The minimum absolute atomic E-state index is 0.0617. The number of hydrogen-bond donors (Lipinski definition) is 0. The molecule has 0 unspecified atom stereocenters. The molecule has 3 aliphatic rings. The van der Waals surface area contributed by atoms with E-state index in [0.717, 1.165) is 47.8 Å². The number of nitrogens with zero attached hydrogens (tertiary/aromatic N) is 1. The quantitative estimate of drug-likeness (QED) is 0.802. The predicted octanol–water partition coefficient (Wildman–Crippen LogP) is 3.09. The number of carbonyl (C=O) groups excluding carboxylic acids is 1. The van der Waals surface area contributed by atoms with Crippen LogP contribution in [0.2, 0.25) is 0 Å². The number of carbonyl (C=O) groups is 1. The lowest BCUT2D eigenvalue weighted by Crippen LogP contribution is -2.41. The molecule has 5 heteroatoms. The van der Waals surface area contributed by atoms with Crippen molar-refractivity contribution in [2.75, 3.05) is 20.4 Å². The highest BCUT2D eigenvalue weighted by Crippen LogP contribution is 2.54. The van der Waals surface area contributed by atoms with Crippen molar-refractivity contribution in [1.29, 1.82) is 0 Å². The van der Waals surface area contributed by atoms with E-state index < -0.39 is 0 Å². The number of fused-ring (bicyclic) bond motifs is 4. The Labute approximate surface area is 146 Å². The Kier molecular flexibility index (Phi) is 3.02. The van der Waals surface area contributed by atoms with E-state index in [1.54, 1.807) is 14.0 Å². The van der Waals surface area contributed by atoms with Gasteiger partial charge in [-0.2, -0.15) is 0 Å². The zero-order valence-corrected chi connectivity index (χ0v) is 14.3. The average molecular weight is 337 g/mol. The van der Waals surface area contributed by atoms with Crippen LogP contribution in [0.5, 0.6) is 17.2 Å². The van der Waals surface area contributed by atoms with Gasteiger partial charge in [0.1, 0.15) is 5.75 Å². The first-order valence-electron chi connectivity index (χ1n) is 8.57. The second-order valence-electron chi connectivity index (χ2n) is 6.76. The van der Waals surface area contributed by atoms with Crippen LogP contribution < -0.4 is 14.2 Å². The summed E-state index contributed by atoms with van der Waals surface area (Å²) in [5.41, 5.74) is 5.88. The number of methoxy groups -OCH3 is 1. The van der Waals surface area contributed by atoms with Crippen LogP contribution in [-0.4, -0.2) is 31.3 Å². The van der Waals surface area contributed by atoms with Gasteiger partial charge in [0.05, 0.1) is 13.2 Å². The molecule has 0 saturated heterocycles. The molecule has 0 radical (unpaired) electrons. The highest BCUT2D eigenvalue weighted by Gasteiger charge is 2.39. The van der Waals surface area contributed by atoms with Crippen molar-refractivity contribution in [1.82, 2.24) is 4.90 Å². The summed E-state index contributed by atoms with van der Waals surface area (Å²) in [4.78, 5) is 14.2. The van der Waals surface area contributed by atoms with E-state index >= 15 is 0 Å². The number of benzene rings is 2. The minimum atomic E-state index is 0.0617. The highest BCUT2D eigenvalue weighted by molar-refractivity contribution is 5.86. The van der Waals surface area contributed by atoms with Crippen molar-refractivity contribution < 1.29 is 19.0 Å². The van der Waals surface area contributed by atoms with Crippen LogP contribution >= 0.6 is 0 Å². The lowest BCUT2D eigenvalue weighted by molar-refractivity contribution is -0.131. The normalized spacial score (nSPS) is 19.3. The monoisotopic (exact) mass is 337 g/mol. The van der Waals surface area contributed by atoms with Gasteiger partial charge in [-0.3, -0.25) is 4.79 Å². The molecule has 0 N–H and O–H groups in total. The molecule has 1 atom stereocenters. The van der Waals surface area contributed by atoms with Crippen molar-refractivity contribution >= 4 is 5.91 Å². The fraction of sp³-hybridized carbons (Fsp3) is 0.350. The Hall–Kier alpha value is -2.69. The number of amides is 1. The third-order valence-corrected chi connectivity index (χ3v) is 5.52. The molecule has 2 heterocycles. The summed E-state index contributed by atoms with van der Waals surface area (Å²) < 4.78 is 16.9. The van der Waals surface area contributed by atoms with E-state index in [0.29, 0.717) is 0 Å². The van der Waals surface area contributed by atoms with Gasteiger partial charge in [0.2, 0.25) is 12.7 Å². The summed E-state index contributed by atoms with van der Waals surface area (Å²) in [5, 5.41) is 0. The molecular formula is C20H19NO4. The summed E-state index contributed by atoms with van der Waals surface area (Å²) in [5.74, 6) is 2.54. The third-order valence-electron chi connectivity index (χ3n) is 5.52. The molecule has 128 valence electrons. The van der Waals surface area contributed by atoms with Crippen molar-refractivity contribution in [2.45, 2.75) is 25.8 Å². The minimum Gasteiger partial charge on any atom is -0.497 e. The van der Waals surface area contributed by atoms with E-state index in [-0.39, 0.29) is 18.7 Å². The maximum atomic E-state index is 12.2. The fourth-order valence-corrected chi connectivity index (χ4v) is 4.41. The molecule has 2 aromatic carbocycles. The first-order chi connectivity index (χ1) is 12.2. The Morgan fingerprint density at radius 3 is 2.92 bits per heavy atom. The van der Waals surface area contributed by atoms with Gasteiger partial charge < -0.3 is 19.1 Å². The Bertz CT molecular complexity index is 905. The van der Waals surface area contributed by atoms with Crippen LogP contribution in [0.25, 0.3) is 11.1 Å². The lowest BCUT2D eigenvalue weighted by Gasteiger charge is -2.41. The molecule has 0 bridgehead atoms. The van der Waals surface area contributed by atoms with E-state index in [9.17, 15) is 4.79 Å². The summed E-state index contributed by atoms with van der Waals surface area (Å²) in [7, 11) is 1.68. The molecular weight excluding hydrogens is 318 g/mol. The predicted molar refractivity (Wildman–Crippen MR) is 92.1 cm³/mol. The molecule has 0 spiro atoms. The molecule has 5 rings (SSSR count). The van der Waals surface area contributed by atoms with Crippen LogP contribution in [-0.2, 0) is 17.6 Å². The maximum absolute atomic E-state index is 12.2. The van der Waals surface area contributed by atoms with E-state index in [1.165, 1.54) is 16.7 Å². The van der Waals surface area contributed by atoms with Crippen LogP contribution in [0.15, 0.2) is 24.3 Å². The zero-order chi connectivity index (χ0) is 17.1. The lowest BCUT2D eigenvalue weighted by atomic mass is 9.76. The second-order valence-corrected chi connectivity index (χ2v) is 6.76. The number of rotatable bonds is 1. The van der Waals surface area contributed by atoms with E-state index in [1.807, 2.05) is 11.0 Å². The van der Waals surface area contributed by atoms with E-state index in [2.05, 4.69) is 18.2 Å².